The number of likely N-dealkylation sites (tertiary alicyclic amines) is 1. The number of benzene rings is 3. The molecule has 15 nitrogen and oxygen atoms in total. The van der Waals surface area contributed by atoms with Gasteiger partial charge in [0.2, 0.25) is 0 Å². The van der Waals surface area contributed by atoms with Gasteiger partial charge >= 0.3 is 12.2 Å². The molecule has 0 radical (unpaired) electrons. The van der Waals surface area contributed by atoms with Crippen LogP contribution in [-0.4, -0.2) is 126 Å². The third-order valence-corrected chi connectivity index (χ3v) is 11.8. The fourth-order valence-corrected chi connectivity index (χ4v) is 9.09. The van der Waals surface area contributed by atoms with Gasteiger partial charge in [0.1, 0.15) is 41.0 Å². The molecule has 5 aliphatic rings. The first-order valence-corrected chi connectivity index (χ1v) is 21.1. The van der Waals surface area contributed by atoms with Crippen LogP contribution in [0.5, 0.6) is 5.75 Å². The molecular weight excluding hydrogens is 829 g/mol. The van der Waals surface area contributed by atoms with Gasteiger partial charge in [-0.2, -0.15) is 0 Å². The van der Waals surface area contributed by atoms with Crippen molar-refractivity contribution >= 4 is 53.0 Å². The van der Waals surface area contributed by atoms with Gasteiger partial charge in [0.25, 0.3) is 5.69 Å². The minimum atomic E-state index is -0.767. The van der Waals surface area contributed by atoms with E-state index in [4.69, 9.17) is 25.7 Å². The molecule has 0 aromatic heterocycles. The lowest BCUT2D eigenvalue weighted by Gasteiger charge is -2.42. The molecule has 1 amide bonds. The summed E-state index contributed by atoms with van der Waals surface area (Å²) in [5.74, 6) is 1.84. The number of nitro groups is 1. The van der Waals surface area contributed by atoms with Gasteiger partial charge in [-0.15, -0.1) is 6.42 Å². The van der Waals surface area contributed by atoms with E-state index in [2.05, 4.69) is 32.5 Å². The first kappa shape index (κ1) is 47.0. The highest BCUT2D eigenvalue weighted by atomic mass is 19.1. The van der Waals surface area contributed by atoms with Crippen LogP contribution in [0.2, 0.25) is 0 Å². The van der Waals surface area contributed by atoms with Crippen molar-refractivity contribution in [1.29, 1.82) is 0 Å². The number of amides is 1. The van der Waals surface area contributed by atoms with Crippen molar-refractivity contribution in [3.05, 3.63) is 98.9 Å². The zero-order chi connectivity index (χ0) is 46.3. The zero-order valence-corrected chi connectivity index (χ0v) is 36.6. The summed E-state index contributed by atoms with van der Waals surface area (Å²) in [5.41, 5.74) is 0.231. The van der Waals surface area contributed by atoms with Gasteiger partial charge in [-0.1, -0.05) is 30.2 Å². The predicted molar refractivity (Wildman–Crippen MR) is 241 cm³/mol. The predicted octanol–water partition coefficient (Wildman–Crippen LogP) is 8.09. The Kier molecular flexibility index (Phi) is 14.9. The van der Waals surface area contributed by atoms with Crippen molar-refractivity contribution in [2.75, 3.05) is 40.4 Å². The number of nitro benzene ring substituents is 1. The minimum Gasteiger partial charge on any atom is -0.444 e. The lowest BCUT2D eigenvalue weighted by Crippen LogP contribution is -2.56. The van der Waals surface area contributed by atoms with Crippen LogP contribution in [0, 0.1) is 28.3 Å². The maximum absolute atomic E-state index is 16.2. The van der Waals surface area contributed by atoms with Gasteiger partial charge in [0.05, 0.1) is 28.1 Å². The highest BCUT2D eigenvalue weighted by Gasteiger charge is 2.45. The number of hydrogen-bond donors (Lipinski definition) is 1. The molecular formula is C47H53F2N7O8. The molecule has 64 heavy (non-hydrogen) atoms. The Bertz CT molecular complexity index is 2430. The number of carbonyl (C=O) groups excluding carboxylic acids is 2. The number of aliphatic hydroxyl groups excluding tert-OH is 1. The number of ether oxygens (including phenoxy) is 3. The Labute approximate surface area is 370 Å². The SMILES string of the molecule is C#Cc1c(F)ccc2cccc(C3=C(F)C(=NC)/C(=C(\N=C)N4CC5CCC(C4)N5C(=O)OC(C)(C)C)C=N3)c12.CO.O=C(OCC1CCC2CCCN21)Oc1ccc([N+](=O)[O-])cc1. The Morgan fingerprint density at radius 2 is 1.70 bits per heavy atom. The molecule has 3 aromatic rings. The van der Waals surface area contributed by atoms with Crippen LogP contribution >= 0.6 is 0 Å². The maximum atomic E-state index is 16.2. The van der Waals surface area contributed by atoms with E-state index >= 15 is 4.39 Å². The van der Waals surface area contributed by atoms with Gasteiger partial charge in [0.15, 0.2) is 5.83 Å². The van der Waals surface area contributed by atoms with Gasteiger partial charge in [-0.3, -0.25) is 29.9 Å². The van der Waals surface area contributed by atoms with Crippen molar-refractivity contribution in [2.45, 2.75) is 89.1 Å². The second-order valence-corrected chi connectivity index (χ2v) is 16.7. The largest absolute Gasteiger partial charge is 0.513 e. The number of aliphatic hydroxyl groups is 1. The number of allylic oxidation sites excluding steroid dienone is 2. The first-order valence-electron chi connectivity index (χ1n) is 21.1. The summed E-state index contributed by atoms with van der Waals surface area (Å²) in [5, 5.41) is 18.6. The normalized spacial score (nSPS) is 22.8. The van der Waals surface area contributed by atoms with Crippen molar-refractivity contribution in [3.63, 3.8) is 0 Å². The summed E-state index contributed by atoms with van der Waals surface area (Å²) < 4.78 is 46.6. The van der Waals surface area contributed by atoms with E-state index in [9.17, 15) is 24.1 Å². The smallest absolute Gasteiger partial charge is 0.444 e. The van der Waals surface area contributed by atoms with Crippen LogP contribution in [0.1, 0.15) is 70.4 Å². The molecule has 4 atom stereocenters. The molecule has 8 rings (SSSR count). The number of aliphatic imine (C=N–C) groups is 3. The van der Waals surface area contributed by atoms with Crippen molar-refractivity contribution in [2.24, 2.45) is 15.0 Å². The van der Waals surface area contributed by atoms with E-state index in [1.165, 1.54) is 62.9 Å². The van der Waals surface area contributed by atoms with E-state index in [0.29, 0.717) is 53.5 Å². The summed E-state index contributed by atoms with van der Waals surface area (Å²) in [6.07, 6.45) is 12.4. The summed E-state index contributed by atoms with van der Waals surface area (Å²) in [7, 11) is 2.49. The number of hydrogen-bond acceptors (Lipinski definition) is 13. The van der Waals surface area contributed by atoms with Gasteiger partial charge in [0, 0.05) is 68.6 Å². The Morgan fingerprint density at radius 1 is 1.02 bits per heavy atom. The highest BCUT2D eigenvalue weighted by Crippen LogP contribution is 2.38. The number of halogens is 2. The molecule has 4 unspecified atom stereocenters. The maximum Gasteiger partial charge on any atom is 0.513 e. The van der Waals surface area contributed by atoms with Gasteiger partial charge in [-0.05, 0) is 96.1 Å². The average Bonchev–Trinajstić information content (AvgIpc) is 3.97. The average molecular weight is 882 g/mol. The minimum absolute atomic E-state index is 0.00952. The fraction of sp³-hybridized carbons (Fsp3) is 0.426. The summed E-state index contributed by atoms with van der Waals surface area (Å²) in [6.45, 7) is 11.7. The second-order valence-electron chi connectivity index (χ2n) is 16.7. The van der Waals surface area contributed by atoms with Gasteiger partial charge < -0.3 is 24.2 Å². The molecule has 0 aliphatic carbocycles. The van der Waals surface area contributed by atoms with Crippen molar-refractivity contribution in [1.82, 2.24) is 14.7 Å². The second kappa shape index (κ2) is 20.3. The molecule has 2 bridgehead atoms. The van der Waals surface area contributed by atoms with Crippen LogP contribution in [0.25, 0.3) is 16.5 Å². The number of non-ortho nitro benzene ring substituents is 1. The Balaban J connectivity index is 0.000000239. The summed E-state index contributed by atoms with van der Waals surface area (Å²) in [6, 6.07) is 14.2. The number of piperazine rings is 1. The Hall–Kier alpha value is -6.51. The number of nitrogens with zero attached hydrogens (tertiary/aromatic N) is 7. The van der Waals surface area contributed by atoms with E-state index in [0.717, 1.165) is 32.9 Å². The van der Waals surface area contributed by atoms with Gasteiger partial charge in [-0.25, -0.2) is 23.4 Å². The quantitative estimate of drug-likeness (QED) is 0.0611. The first-order chi connectivity index (χ1) is 30.7. The summed E-state index contributed by atoms with van der Waals surface area (Å²) in [4.78, 5) is 53.8. The number of terminal acetylenes is 1. The third kappa shape index (κ3) is 10.1. The molecule has 0 spiro atoms. The molecule has 4 fully saturated rings. The zero-order valence-electron chi connectivity index (χ0n) is 36.6. The number of carbonyl (C=O) groups is 2. The molecule has 4 saturated heterocycles. The molecule has 1 N–H and O–H groups in total. The lowest BCUT2D eigenvalue weighted by atomic mass is 9.94. The van der Waals surface area contributed by atoms with Crippen LogP contribution < -0.4 is 4.74 Å². The molecule has 17 heteroatoms. The molecule has 3 aromatic carbocycles. The highest BCUT2D eigenvalue weighted by molar-refractivity contribution is 6.29. The van der Waals surface area contributed by atoms with Crippen LogP contribution in [0.4, 0.5) is 24.1 Å². The van der Waals surface area contributed by atoms with E-state index in [-0.39, 0.29) is 52.6 Å². The fourth-order valence-electron chi connectivity index (χ4n) is 9.09. The monoisotopic (exact) mass is 881 g/mol. The van der Waals surface area contributed by atoms with E-state index in [1.807, 2.05) is 30.6 Å². The molecule has 5 aliphatic heterocycles. The van der Waals surface area contributed by atoms with Crippen LogP contribution in [-0.2, 0) is 9.47 Å². The summed E-state index contributed by atoms with van der Waals surface area (Å²) >= 11 is 0. The molecule has 338 valence electrons. The molecule has 0 saturated carbocycles. The third-order valence-electron chi connectivity index (χ3n) is 11.8. The molecule has 5 heterocycles. The standard InChI is InChI=1S/C31H31F2N5O2.C15H18N2O5.CH4O/c1-7-21-24(32)14-11-18-9-8-10-22(25(18)21)28-26(33)27(34-5)23(15-36-28)29(35-6)37-16-19-12-13-20(17-37)38(19)30(39)40-31(2,3)4;18-15(22-14-7-5-12(6-8-14)17(19)20)21-10-13-4-3-11-2-1-9-16(11)13;1-2/h1,8-11,14-15,19-20H,6,12-13,16-17H2,2-5H3;5-8,11,13H,1-4,9-10H2;2H,1H3/b29-23+,34-27?;;. The van der Waals surface area contributed by atoms with E-state index in [1.54, 1.807) is 24.3 Å². The van der Waals surface area contributed by atoms with Crippen LogP contribution in [0.15, 0.2) is 86.8 Å². The number of fused-ring (bicyclic) bond motifs is 4. The topological polar surface area (TPSA) is 172 Å². The van der Waals surface area contributed by atoms with Crippen LogP contribution in [0.3, 0.4) is 0 Å². The Morgan fingerprint density at radius 3 is 2.33 bits per heavy atom. The van der Waals surface area contributed by atoms with Crippen molar-refractivity contribution < 1.29 is 42.6 Å². The lowest BCUT2D eigenvalue weighted by molar-refractivity contribution is -0.384. The number of rotatable bonds is 7. The van der Waals surface area contributed by atoms with Crippen molar-refractivity contribution in [3.8, 4) is 18.1 Å². The van der Waals surface area contributed by atoms with E-state index < -0.39 is 28.3 Å².